The maximum atomic E-state index is 9.64. The van der Waals surface area contributed by atoms with Crippen molar-refractivity contribution in [1.82, 2.24) is 0 Å². The lowest BCUT2D eigenvalue weighted by molar-refractivity contribution is 0.448. The van der Waals surface area contributed by atoms with E-state index < -0.39 is 0 Å². The lowest BCUT2D eigenvalue weighted by Crippen LogP contribution is -1.87. The van der Waals surface area contributed by atoms with Crippen LogP contribution in [-0.4, -0.2) is 10.2 Å². The minimum absolute atomic E-state index is 0.160. The minimum Gasteiger partial charge on any atom is -0.508 e. The molecule has 0 amide bonds. The van der Waals surface area contributed by atoms with Crippen LogP contribution in [0.3, 0.4) is 0 Å². The molecule has 2 rings (SSSR count). The molecule has 0 aromatic heterocycles. The van der Waals surface area contributed by atoms with Gasteiger partial charge in [0.05, 0.1) is 3.57 Å². The SMILES string of the molecule is Cc1cc(Oc2cccc(O)c2)cc(I)c1O. The van der Waals surface area contributed by atoms with Gasteiger partial charge in [0.1, 0.15) is 23.0 Å². The van der Waals surface area contributed by atoms with Crippen molar-refractivity contribution in [2.45, 2.75) is 6.92 Å². The first-order valence-electron chi connectivity index (χ1n) is 5.02. The normalized spacial score (nSPS) is 10.2. The summed E-state index contributed by atoms with van der Waals surface area (Å²) in [7, 11) is 0. The van der Waals surface area contributed by atoms with Gasteiger partial charge in [0, 0.05) is 6.07 Å². The number of hydrogen-bond donors (Lipinski definition) is 2. The van der Waals surface area contributed by atoms with Gasteiger partial charge in [-0.1, -0.05) is 6.07 Å². The van der Waals surface area contributed by atoms with Crippen LogP contribution >= 0.6 is 22.6 Å². The Balaban J connectivity index is 2.31. The first-order chi connectivity index (χ1) is 8.06. The zero-order valence-corrected chi connectivity index (χ0v) is 11.3. The average Bonchev–Trinajstić information content (AvgIpc) is 2.26. The lowest BCUT2D eigenvalue weighted by Gasteiger charge is -2.09. The van der Waals surface area contributed by atoms with Crippen molar-refractivity contribution in [2.24, 2.45) is 0 Å². The van der Waals surface area contributed by atoms with Crippen LogP contribution in [0.25, 0.3) is 0 Å². The number of phenolic OH excluding ortho intramolecular Hbond substituents is 2. The molecule has 2 aromatic carbocycles. The Labute approximate surface area is 113 Å². The molecule has 2 N–H and O–H groups in total. The van der Waals surface area contributed by atoms with Crippen LogP contribution in [0.4, 0.5) is 0 Å². The average molecular weight is 342 g/mol. The third-order valence-corrected chi connectivity index (χ3v) is 3.10. The second kappa shape index (κ2) is 4.83. The van der Waals surface area contributed by atoms with Gasteiger partial charge in [-0.15, -0.1) is 0 Å². The maximum absolute atomic E-state index is 9.64. The third-order valence-electron chi connectivity index (χ3n) is 2.28. The Bertz CT molecular complexity index is 529. The van der Waals surface area contributed by atoms with Crippen LogP contribution in [0.1, 0.15) is 5.56 Å². The molecule has 0 saturated heterocycles. The van der Waals surface area contributed by atoms with Gasteiger partial charge in [0.2, 0.25) is 0 Å². The minimum atomic E-state index is 0.160. The number of halogens is 1. The Morgan fingerprint density at radius 3 is 2.47 bits per heavy atom. The van der Waals surface area contributed by atoms with E-state index in [-0.39, 0.29) is 11.5 Å². The molecule has 0 heterocycles. The Morgan fingerprint density at radius 1 is 1.06 bits per heavy atom. The van der Waals surface area contributed by atoms with Gasteiger partial charge < -0.3 is 14.9 Å². The fourth-order valence-electron chi connectivity index (χ4n) is 1.45. The molecule has 3 nitrogen and oxygen atoms in total. The number of aryl methyl sites for hydroxylation is 1. The van der Waals surface area contributed by atoms with Gasteiger partial charge in [0.15, 0.2) is 0 Å². The predicted octanol–water partition coefficient (Wildman–Crippen LogP) is 3.80. The van der Waals surface area contributed by atoms with Gasteiger partial charge in [-0.25, -0.2) is 0 Å². The largest absolute Gasteiger partial charge is 0.508 e. The number of rotatable bonds is 2. The Kier molecular flexibility index (Phi) is 3.42. The lowest BCUT2D eigenvalue weighted by atomic mass is 10.2. The molecule has 0 bridgehead atoms. The van der Waals surface area contributed by atoms with Crippen LogP contribution in [0.15, 0.2) is 36.4 Å². The fourth-order valence-corrected chi connectivity index (χ4v) is 2.18. The van der Waals surface area contributed by atoms with Crippen LogP contribution in [0.5, 0.6) is 23.0 Å². The first-order valence-corrected chi connectivity index (χ1v) is 6.10. The Morgan fingerprint density at radius 2 is 1.82 bits per heavy atom. The molecule has 17 heavy (non-hydrogen) atoms. The molecule has 2 aromatic rings. The van der Waals surface area contributed by atoms with E-state index in [4.69, 9.17) is 4.74 Å². The number of phenols is 2. The highest BCUT2D eigenvalue weighted by atomic mass is 127. The summed E-state index contributed by atoms with van der Waals surface area (Å²) in [6.07, 6.45) is 0. The summed E-state index contributed by atoms with van der Waals surface area (Å²) in [4.78, 5) is 0. The number of benzene rings is 2. The van der Waals surface area contributed by atoms with Crippen molar-refractivity contribution in [3.8, 4) is 23.0 Å². The quantitative estimate of drug-likeness (QED) is 0.817. The molecule has 0 unspecified atom stereocenters. The van der Waals surface area contributed by atoms with E-state index in [2.05, 4.69) is 0 Å². The highest BCUT2D eigenvalue weighted by Crippen LogP contribution is 2.32. The molecular formula is C13H11IO3. The summed E-state index contributed by atoms with van der Waals surface area (Å²) in [6.45, 7) is 1.81. The molecule has 0 aliphatic carbocycles. The summed E-state index contributed by atoms with van der Waals surface area (Å²) in [6, 6.07) is 10.1. The predicted molar refractivity (Wildman–Crippen MR) is 73.7 cm³/mol. The summed E-state index contributed by atoms with van der Waals surface area (Å²) in [5.41, 5.74) is 0.757. The monoisotopic (exact) mass is 342 g/mol. The molecule has 0 aliphatic heterocycles. The summed E-state index contributed by atoms with van der Waals surface area (Å²) < 4.78 is 6.33. The Hall–Kier alpha value is -1.43. The smallest absolute Gasteiger partial charge is 0.132 e. The third kappa shape index (κ3) is 2.82. The van der Waals surface area contributed by atoms with E-state index in [1.54, 1.807) is 30.3 Å². The van der Waals surface area contributed by atoms with Crippen LogP contribution in [0.2, 0.25) is 0 Å². The second-order valence-electron chi connectivity index (χ2n) is 3.67. The van der Waals surface area contributed by atoms with E-state index in [9.17, 15) is 10.2 Å². The molecule has 0 saturated carbocycles. The molecular weight excluding hydrogens is 331 g/mol. The van der Waals surface area contributed by atoms with Crippen LogP contribution in [-0.2, 0) is 0 Å². The topological polar surface area (TPSA) is 49.7 Å². The van der Waals surface area contributed by atoms with Crippen molar-refractivity contribution >= 4 is 22.6 Å². The van der Waals surface area contributed by atoms with Crippen molar-refractivity contribution in [1.29, 1.82) is 0 Å². The number of hydrogen-bond acceptors (Lipinski definition) is 3. The number of ether oxygens (including phenoxy) is 1. The summed E-state index contributed by atoms with van der Waals surface area (Å²) >= 11 is 2.05. The van der Waals surface area contributed by atoms with E-state index in [1.165, 1.54) is 6.07 Å². The molecule has 0 spiro atoms. The molecule has 88 valence electrons. The molecule has 0 fully saturated rings. The van der Waals surface area contributed by atoms with E-state index >= 15 is 0 Å². The highest BCUT2D eigenvalue weighted by molar-refractivity contribution is 14.1. The standard InChI is InChI=1S/C13H11IO3/c1-8-5-11(7-12(14)13(8)16)17-10-4-2-3-9(15)6-10/h2-7,15-16H,1H3. The van der Waals surface area contributed by atoms with Gasteiger partial charge >= 0.3 is 0 Å². The molecule has 0 radical (unpaired) electrons. The summed E-state index contributed by atoms with van der Waals surface area (Å²) in [5, 5.41) is 19.0. The first kappa shape index (κ1) is 12.0. The molecule has 0 atom stereocenters. The molecule has 0 aliphatic rings. The second-order valence-corrected chi connectivity index (χ2v) is 4.83. The highest BCUT2D eigenvalue weighted by Gasteiger charge is 2.06. The van der Waals surface area contributed by atoms with Crippen molar-refractivity contribution < 1.29 is 14.9 Å². The molecule has 4 heteroatoms. The summed E-state index contributed by atoms with van der Waals surface area (Å²) in [5.74, 6) is 1.63. The zero-order valence-electron chi connectivity index (χ0n) is 9.14. The van der Waals surface area contributed by atoms with Crippen LogP contribution < -0.4 is 4.74 Å². The number of aromatic hydroxyl groups is 2. The van der Waals surface area contributed by atoms with Crippen molar-refractivity contribution in [3.63, 3.8) is 0 Å². The van der Waals surface area contributed by atoms with Crippen LogP contribution in [0, 0.1) is 10.5 Å². The van der Waals surface area contributed by atoms with E-state index in [0.717, 1.165) is 9.13 Å². The van der Waals surface area contributed by atoms with Crippen molar-refractivity contribution in [2.75, 3.05) is 0 Å². The van der Waals surface area contributed by atoms with Crippen molar-refractivity contribution in [3.05, 3.63) is 45.5 Å². The van der Waals surface area contributed by atoms with Gasteiger partial charge in [-0.3, -0.25) is 0 Å². The maximum Gasteiger partial charge on any atom is 0.132 e. The van der Waals surface area contributed by atoms with Gasteiger partial charge in [0.25, 0.3) is 0 Å². The van der Waals surface area contributed by atoms with Gasteiger partial charge in [-0.05, 0) is 59.3 Å². The van der Waals surface area contributed by atoms with E-state index in [0.29, 0.717) is 11.5 Å². The van der Waals surface area contributed by atoms with E-state index in [1.807, 2.05) is 29.5 Å². The fraction of sp³-hybridized carbons (Fsp3) is 0.0769. The van der Waals surface area contributed by atoms with Gasteiger partial charge in [-0.2, -0.15) is 0 Å². The zero-order chi connectivity index (χ0) is 12.4.